The number of ether oxygens (including phenoxy) is 1. The molecule has 0 bridgehead atoms. The molecule has 2 heterocycles. The van der Waals surface area contributed by atoms with Crippen molar-refractivity contribution in [1.29, 1.82) is 0 Å². The molecule has 1 N–H and O–H groups in total. The molecular weight excluding hydrogens is 330 g/mol. The molecule has 2 amide bonds. The molecule has 1 fully saturated rings. The highest BCUT2D eigenvalue weighted by molar-refractivity contribution is 8.18. The molecule has 7 nitrogen and oxygen atoms in total. The lowest BCUT2D eigenvalue weighted by molar-refractivity contribution is -0.115. The number of aryl methyl sites for hydroxylation is 1. The van der Waals surface area contributed by atoms with E-state index in [9.17, 15) is 14.4 Å². The average Bonchev–Trinajstić information content (AvgIpc) is 3.07. The van der Waals surface area contributed by atoms with Crippen LogP contribution < -0.4 is 10.1 Å². The van der Waals surface area contributed by atoms with E-state index in [0.29, 0.717) is 17.1 Å². The molecule has 8 heteroatoms. The Morgan fingerprint density at radius 2 is 2.08 bits per heavy atom. The SMILES string of the molecule is Cn1nc(/C=C2\SC(=O)NC2=O)cc1OCC(=O)c1ccccc1. The second kappa shape index (κ2) is 6.71. The third-order valence-corrected chi connectivity index (χ3v) is 4.03. The molecule has 1 aromatic carbocycles. The largest absolute Gasteiger partial charge is 0.469 e. The lowest BCUT2D eigenvalue weighted by atomic mass is 10.1. The van der Waals surface area contributed by atoms with Gasteiger partial charge in [0.15, 0.2) is 12.4 Å². The highest BCUT2D eigenvalue weighted by atomic mass is 32.2. The molecule has 0 unspecified atom stereocenters. The van der Waals surface area contributed by atoms with Gasteiger partial charge in [-0.05, 0) is 17.8 Å². The molecule has 1 aromatic heterocycles. The van der Waals surface area contributed by atoms with Gasteiger partial charge in [-0.3, -0.25) is 19.7 Å². The Labute approximate surface area is 141 Å². The molecule has 1 aliphatic heterocycles. The van der Waals surface area contributed by atoms with Crippen LogP contribution in [0.2, 0.25) is 0 Å². The predicted octanol–water partition coefficient (Wildman–Crippen LogP) is 2.01. The van der Waals surface area contributed by atoms with E-state index < -0.39 is 11.1 Å². The highest BCUT2D eigenvalue weighted by Crippen LogP contribution is 2.26. The summed E-state index contributed by atoms with van der Waals surface area (Å²) in [4.78, 5) is 35.0. The molecule has 0 radical (unpaired) electrons. The van der Waals surface area contributed by atoms with Crippen LogP contribution in [0.25, 0.3) is 6.08 Å². The van der Waals surface area contributed by atoms with Crippen molar-refractivity contribution in [1.82, 2.24) is 15.1 Å². The molecule has 1 saturated heterocycles. The maximum atomic E-state index is 12.0. The quantitative estimate of drug-likeness (QED) is 0.660. The van der Waals surface area contributed by atoms with E-state index in [2.05, 4.69) is 10.4 Å². The van der Waals surface area contributed by atoms with Gasteiger partial charge in [-0.2, -0.15) is 5.10 Å². The minimum atomic E-state index is -0.447. The van der Waals surface area contributed by atoms with Crippen molar-refractivity contribution in [2.24, 2.45) is 7.05 Å². The number of thioether (sulfide) groups is 1. The van der Waals surface area contributed by atoms with Crippen molar-refractivity contribution in [2.75, 3.05) is 6.61 Å². The van der Waals surface area contributed by atoms with Crippen LogP contribution in [0.3, 0.4) is 0 Å². The summed E-state index contributed by atoms with van der Waals surface area (Å²) < 4.78 is 6.96. The molecule has 0 aliphatic carbocycles. The van der Waals surface area contributed by atoms with Gasteiger partial charge in [-0.1, -0.05) is 30.3 Å². The Morgan fingerprint density at radius 1 is 1.33 bits per heavy atom. The Balaban J connectivity index is 1.69. The van der Waals surface area contributed by atoms with E-state index in [-0.39, 0.29) is 17.3 Å². The number of aromatic nitrogens is 2. The number of nitrogens with one attached hydrogen (secondary N) is 1. The number of Topliss-reactive ketones (excluding diaryl/α,β-unsaturated/α-hetero) is 1. The molecule has 122 valence electrons. The standard InChI is InChI=1S/C16H13N3O4S/c1-19-14(23-9-12(20)10-5-3-2-4-6-10)8-11(18-19)7-13-15(21)17-16(22)24-13/h2-8H,9H2,1H3,(H,17,21,22)/b13-7-. The molecular formula is C16H13N3O4S. The Bertz CT molecular complexity index is 842. The van der Waals surface area contributed by atoms with Gasteiger partial charge in [0, 0.05) is 18.7 Å². The first-order valence-corrected chi connectivity index (χ1v) is 7.84. The van der Waals surface area contributed by atoms with E-state index >= 15 is 0 Å². The predicted molar refractivity (Wildman–Crippen MR) is 88.6 cm³/mol. The van der Waals surface area contributed by atoms with Crippen molar-refractivity contribution in [3.05, 3.63) is 52.6 Å². The maximum absolute atomic E-state index is 12.0. The van der Waals surface area contributed by atoms with Crippen LogP contribution in [-0.4, -0.2) is 33.3 Å². The average molecular weight is 343 g/mol. The number of carbonyl (C=O) groups excluding carboxylic acids is 3. The molecule has 24 heavy (non-hydrogen) atoms. The Morgan fingerprint density at radius 3 is 2.75 bits per heavy atom. The highest BCUT2D eigenvalue weighted by Gasteiger charge is 2.25. The summed E-state index contributed by atoms with van der Waals surface area (Å²) in [5.74, 6) is -0.203. The van der Waals surface area contributed by atoms with Gasteiger partial charge in [-0.15, -0.1) is 0 Å². The molecule has 1 aliphatic rings. The van der Waals surface area contributed by atoms with Gasteiger partial charge in [0.2, 0.25) is 5.88 Å². The van der Waals surface area contributed by atoms with Crippen LogP contribution >= 0.6 is 11.8 Å². The number of hydrogen-bond donors (Lipinski definition) is 1. The van der Waals surface area contributed by atoms with E-state index in [4.69, 9.17) is 4.74 Å². The van der Waals surface area contributed by atoms with Crippen molar-refractivity contribution in [2.45, 2.75) is 0 Å². The minimum Gasteiger partial charge on any atom is -0.469 e. The van der Waals surface area contributed by atoms with Crippen LogP contribution in [0.1, 0.15) is 16.1 Å². The number of ketones is 1. The van der Waals surface area contributed by atoms with E-state index in [1.807, 2.05) is 6.07 Å². The zero-order chi connectivity index (χ0) is 17.1. The van der Waals surface area contributed by atoms with Crippen molar-refractivity contribution < 1.29 is 19.1 Å². The second-order valence-electron chi connectivity index (χ2n) is 4.96. The summed E-state index contributed by atoms with van der Waals surface area (Å²) in [6.45, 7) is -0.118. The number of hydrogen-bond acceptors (Lipinski definition) is 6. The van der Waals surface area contributed by atoms with E-state index in [1.54, 1.807) is 37.4 Å². The maximum Gasteiger partial charge on any atom is 0.290 e. The molecule has 0 saturated carbocycles. The topological polar surface area (TPSA) is 90.3 Å². The first kappa shape index (κ1) is 16.0. The summed E-state index contributed by atoms with van der Waals surface area (Å²) in [5.41, 5.74) is 1.03. The molecule has 0 spiro atoms. The van der Waals surface area contributed by atoms with E-state index in [0.717, 1.165) is 11.8 Å². The summed E-state index contributed by atoms with van der Waals surface area (Å²) in [5, 5.41) is 5.95. The van der Waals surface area contributed by atoms with Crippen LogP contribution in [0.4, 0.5) is 4.79 Å². The Kier molecular flexibility index (Phi) is 4.48. The molecule has 2 aromatic rings. The number of benzene rings is 1. The van der Waals surface area contributed by atoms with Gasteiger partial charge in [-0.25, -0.2) is 4.68 Å². The van der Waals surface area contributed by atoms with Crippen molar-refractivity contribution in [3.63, 3.8) is 0 Å². The Hall–Kier alpha value is -2.87. The molecule has 0 atom stereocenters. The monoisotopic (exact) mass is 343 g/mol. The van der Waals surface area contributed by atoms with Gasteiger partial charge in [0.25, 0.3) is 11.1 Å². The summed E-state index contributed by atoms with van der Waals surface area (Å²) in [7, 11) is 1.66. The van der Waals surface area contributed by atoms with Crippen LogP contribution in [0, 0.1) is 0 Å². The van der Waals surface area contributed by atoms with Gasteiger partial charge in [0.1, 0.15) is 0 Å². The third-order valence-electron chi connectivity index (χ3n) is 3.22. The van der Waals surface area contributed by atoms with Crippen LogP contribution in [-0.2, 0) is 11.8 Å². The smallest absolute Gasteiger partial charge is 0.290 e. The third kappa shape index (κ3) is 3.54. The first-order valence-electron chi connectivity index (χ1n) is 7.03. The summed E-state index contributed by atoms with van der Waals surface area (Å²) in [6.07, 6.45) is 1.50. The van der Waals surface area contributed by atoms with Gasteiger partial charge < -0.3 is 4.74 Å². The number of nitrogens with zero attached hydrogens (tertiary/aromatic N) is 2. The second-order valence-corrected chi connectivity index (χ2v) is 5.98. The van der Waals surface area contributed by atoms with Gasteiger partial charge >= 0.3 is 0 Å². The first-order chi connectivity index (χ1) is 11.5. The van der Waals surface area contributed by atoms with E-state index in [1.165, 1.54) is 10.8 Å². The van der Waals surface area contributed by atoms with Gasteiger partial charge in [0.05, 0.1) is 10.6 Å². The van der Waals surface area contributed by atoms with Crippen LogP contribution in [0.5, 0.6) is 5.88 Å². The number of rotatable bonds is 5. The minimum absolute atomic E-state index is 0.118. The molecule has 3 rings (SSSR count). The van der Waals surface area contributed by atoms with Crippen molar-refractivity contribution in [3.8, 4) is 5.88 Å². The normalized spacial score (nSPS) is 15.6. The number of amides is 2. The van der Waals surface area contributed by atoms with Crippen molar-refractivity contribution >= 4 is 34.8 Å². The number of carbonyl (C=O) groups is 3. The zero-order valence-electron chi connectivity index (χ0n) is 12.7. The zero-order valence-corrected chi connectivity index (χ0v) is 13.5. The number of imide groups is 1. The fourth-order valence-corrected chi connectivity index (χ4v) is 2.75. The lowest BCUT2D eigenvalue weighted by Gasteiger charge is -2.04. The fourth-order valence-electron chi connectivity index (χ4n) is 2.08. The fraction of sp³-hybridized carbons (Fsp3) is 0.125. The van der Waals surface area contributed by atoms with Crippen LogP contribution in [0.15, 0.2) is 41.3 Å². The summed E-state index contributed by atoms with van der Waals surface area (Å²) >= 11 is 0.816. The lowest BCUT2D eigenvalue weighted by Crippen LogP contribution is -2.17. The summed E-state index contributed by atoms with van der Waals surface area (Å²) in [6, 6.07) is 10.4.